The number of H-pyrrole nitrogens is 1. The number of aromatic nitrogens is 2. The summed E-state index contributed by atoms with van der Waals surface area (Å²) in [5.41, 5.74) is 1.62. The molecule has 0 radical (unpaired) electrons. The maximum Gasteiger partial charge on any atom is 0.254 e. The minimum Gasteiger partial charge on any atom is -0.345 e. The van der Waals surface area contributed by atoms with Crippen molar-refractivity contribution < 1.29 is 4.79 Å². The van der Waals surface area contributed by atoms with Crippen molar-refractivity contribution in [2.24, 2.45) is 5.92 Å². The van der Waals surface area contributed by atoms with Crippen molar-refractivity contribution in [1.82, 2.24) is 14.9 Å². The largest absolute Gasteiger partial charge is 0.345 e. The summed E-state index contributed by atoms with van der Waals surface area (Å²) in [6, 6.07) is 7.72. The number of hydrogen-bond acceptors (Lipinski definition) is 3. The number of hydrogen-bond donors (Lipinski definition) is 1. The Morgan fingerprint density at radius 1 is 1.45 bits per heavy atom. The van der Waals surface area contributed by atoms with Crippen LogP contribution >= 0.6 is 11.8 Å². The van der Waals surface area contributed by atoms with E-state index in [1.807, 2.05) is 40.9 Å². The molecule has 22 heavy (non-hydrogen) atoms. The van der Waals surface area contributed by atoms with E-state index in [0.29, 0.717) is 5.92 Å². The number of amides is 1. The van der Waals surface area contributed by atoms with Crippen LogP contribution in [0.15, 0.2) is 36.7 Å². The van der Waals surface area contributed by atoms with Crippen LogP contribution in [0.4, 0.5) is 0 Å². The van der Waals surface area contributed by atoms with E-state index in [1.165, 1.54) is 6.42 Å². The second-order valence-electron chi connectivity index (χ2n) is 5.70. The van der Waals surface area contributed by atoms with Crippen LogP contribution in [-0.2, 0) is 0 Å². The molecule has 0 bridgehead atoms. The fourth-order valence-corrected chi connectivity index (χ4v) is 3.82. The first kappa shape index (κ1) is 15.2. The third-order valence-corrected chi connectivity index (χ3v) is 4.92. The average molecular weight is 315 g/mol. The second-order valence-corrected chi connectivity index (χ2v) is 6.61. The van der Waals surface area contributed by atoms with E-state index >= 15 is 0 Å². The molecule has 1 unspecified atom stereocenters. The highest BCUT2D eigenvalue weighted by molar-refractivity contribution is 7.98. The fraction of sp³-hybridized carbons (Fsp3) is 0.412. The van der Waals surface area contributed by atoms with Gasteiger partial charge in [0.1, 0.15) is 5.82 Å². The van der Waals surface area contributed by atoms with Gasteiger partial charge in [-0.15, -0.1) is 0 Å². The van der Waals surface area contributed by atoms with E-state index in [9.17, 15) is 4.79 Å². The minimum absolute atomic E-state index is 0.123. The summed E-state index contributed by atoms with van der Waals surface area (Å²) in [6.45, 7) is 1.72. The van der Waals surface area contributed by atoms with Gasteiger partial charge >= 0.3 is 0 Å². The molecule has 2 heterocycles. The molecule has 116 valence electrons. The number of aromatic amines is 1. The van der Waals surface area contributed by atoms with E-state index in [-0.39, 0.29) is 5.91 Å². The maximum absolute atomic E-state index is 12.9. The topological polar surface area (TPSA) is 49.0 Å². The first-order valence-electron chi connectivity index (χ1n) is 7.66. The van der Waals surface area contributed by atoms with Crippen LogP contribution < -0.4 is 0 Å². The number of imidazole rings is 1. The average Bonchev–Trinajstić information content (AvgIpc) is 3.09. The number of thioether (sulfide) groups is 1. The summed E-state index contributed by atoms with van der Waals surface area (Å²) in [6.07, 6.45) is 7.95. The first-order chi connectivity index (χ1) is 10.8. The van der Waals surface area contributed by atoms with Gasteiger partial charge in [0.05, 0.1) is 5.56 Å². The SMILES string of the molecule is CSCC1CCCN(C(=O)c2ccccc2-c2ncc[nH]2)C1. The third-order valence-electron chi connectivity index (χ3n) is 4.12. The molecular formula is C17H21N3OS. The van der Waals surface area contributed by atoms with Gasteiger partial charge in [0, 0.05) is 31.0 Å². The quantitative estimate of drug-likeness (QED) is 0.942. The van der Waals surface area contributed by atoms with E-state index in [2.05, 4.69) is 16.2 Å². The molecule has 4 nitrogen and oxygen atoms in total. The lowest BCUT2D eigenvalue weighted by atomic mass is 9.98. The van der Waals surface area contributed by atoms with Crippen LogP contribution in [-0.4, -0.2) is 45.9 Å². The van der Waals surface area contributed by atoms with E-state index < -0.39 is 0 Å². The van der Waals surface area contributed by atoms with E-state index in [1.54, 1.807) is 12.4 Å². The van der Waals surface area contributed by atoms with Crippen molar-refractivity contribution in [3.63, 3.8) is 0 Å². The summed E-state index contributed by atoms with van der Waals surface area (Å²) < 4.78 is 0. The van der Waals surface area contributed by atoms with Gasteiger partial charge < -0.3 is 9.88 Å². The predicted octanol–water partition coefficient (Wildman–Crippen LogP) is 3.29. The van der Waals surface area contributed by atoms with E-state index in [0.717, 1.165) is 42.2 Å². The van der Waals surface area contributed by atoms with Crippen LogP contribution in [0.25, 0.3) is 11.4 Å². The van der Waals surface area contributed by atoms with Crippen LogP contribution in [0.2, 0.25) is 0 Å². The molecule has 1 saturated heterocycles. The van der Waals surface area contributed by atoms with Crippen LogP contribution in [0.3, 0.4) is 0 Å². The number of carbonyl (C=O) groups is 1. The van der Waals surface area contributed by atoms with E-state index in [4.69, 9.17) is 0 Å². The highest BCUT2D eigenvalue weighted by atomic mass is 32.2. The van der Waals surface area contributed by atoms with Crippen molar-refractivity contribution in [2.75, 3.05) is 25.1 Å². The predicted molar refractivity (Wildman–Crippen MR) is 91.0 cm³/mol. The van der Waals surface area contributed by atoms with Crippen LogP contribution in [0, 0.1) is 5.92 Å². The molecule has 1 atom stereocenters. The summed E-state index contributed by atoms with van der Waals surface area (Å²) in [4.78, 5) is 22.3. The Kier molecular flexibility index (Phi) is 4.83. The zero-order chi connectivity index (χ0) is 15.4. The second kappa shape index (κ2) is 7.01. The van der Waals surface area contributed by atoms with Gasteiger partial charge in [-0.2, -0.15) is 11.8 Å². The number of nitrogens with one attached hydrogen (secondary N) is 1. The van der Waals surface area contributed by atoms with Crippen LogP contribution in [0.1, 0.15) is 23.2 Å². The Morgan fingerprint density at radius 2 is 2.32 bits per heavy atom. The number of benzene rings is 1. The fourth-order valence-electron chi connectivity index (χ4n) is 3.08. The summed E-state index contributed by atoms with van der Waals surface area (Å²) in [5.74, 6) is 2.62. The monoisotopic (exact) mass is 315 g/mol. The molecule has 5 heteroatoms. The molecule has 1 aliphatic rings. The molecule has 1 fully saturated rings. The first-order valence-corrected chi connectivity index (χ1v) is 9.06. The smallest absolute Gasteiger partial charge is 0.254 e. The number of nitrogens with zero attached hydrogens (tertiary/aromatic N) is 2. The lowest BCUT2D eigenvalue weighted by Crippen LogP contribution is -2.40. The number of rotatable bonds is 4. The Morgan fingerprint density at radius 3 is 3.09 bits per heavy atom. The standard InChI is InChI=1S/C17H21N3OS/c1-22-12-13-5-4-10-20(11-13)17(21)15-7-3-2-6-14(15)16-18-8-9-19-16/h2-3,6-9,13H,4-5,10-12H2,1H3,(H,18,19). The highest BCUT2D eigenvalue weighted by Gasteiger charge is 2.26. The molecule has 1 N–H and O–H groups in total. The number of carbonyl (C=O) groups excluding carboxylic acids is 1. The zero-order valence-electron chi connectivity index (χ0n) is 12.8. The molecule has 1 aromatic carbocycles. The Labute approximate surface area is 135 Å². The summed E-state index contributed by atoms with van der Waals surface area (Å²) in [7, 11) is 0. The van der Waals surface area contributed by atoms with Crippen molar-refractivity contribution in [3.05, 3.63) is 42.2 Å². The molecule has 1 aliphatic heterocycles. The zero-order valence-corrected chi connectivity index (χ0v) is 13.6. The molecule has 3 rings (SSSR count). The molecule has 0 spiro atoms. The Bertz CT molecular complexity index is 625. The van der Waals surface area contributed by atoms with Gasteiger partial charge in [0.25, 0.3) is 5.91 Å². The summed E-state index contributed by atoms with van der Waals surface area (Å²) in [5, 5.41) is 0. The lowest BCUT2D eigenvalue weighted by molar-refractivity contribution is 0.0686. The Hall–Kier alpha value is -1.75. The van der Waals surface area contributed by atoms with Gasteiger partial charge in [0.2, 0.25) is 0 Å². The van der Waals surface area contributed by atoms with Gasteiger partial charge in [-0.3, -0.25) is 4.79 Å². The molecule has 1 aromatic heterocycles. The maximum atomic E-state index is 12.9. The molecule has 1 amide bonds. The highest BCUT2D eigenvalue weighted by Crippen LogP contribution is 2.25. The summed E-state index contributed by atoms with van der Waals surface area (Å²) >= 11 is 1.87. The van der Waals surface area contributed by atoms with Crippen LogP contribution in [0.5, 0.6) is 0 Å². The van der Waals surface area contributed by atoms with Gasteiger partial charge in [0.15, 0.2) is 0 Å². The Balaban J connectivity index is 1.83. The molecule has 0 aliphatic carbocycles. The normalized spacial score (nSPS) is 18.4. The van der Waals surface area contributed by atoms with Crippen molar-refractivity contribution in [3.8, 4) is 11.4 Å². The van der Waals surface area contributed by atoms with Crippen molar-refractivity contribution in [2.45, 2.75) is 12.8 Å². The van der Waals surface area contributed by atoms with Crippen molar-refractivity contribution >= 4 is 17.7 Å². The van der Waals surface area contributed by atoms with Gasteiger partial charge in [-0.25, -0.2) is 4.98 Å². The van der Waals surface area contributed by atoms with Crippen molar-refractivity contribution in [1.29, 1.82) is 0 Å². The lowest BCUT2D eigenvalue weighted by Gasteiger charge is -2.33. The van der Waals surface area contributed by atoms with Gasteiger partial charge in [-0.05, 0) is 36.8 Å². The van der Waals surface area contributed by atoms with Gasteiger partial charge in [-0.1, -0.05) is 18.2 Å². The third kappa shape index (κ3) is 3.19. The number of likely N-dealkylation sites (tertiary alicyclic amines) is 1. The molecule has 0 saturated carbocycles. The minimum atomic E-state index is 0.123. The number of piperidine rings is 1. The molecular weight excluding hydrogens is 294 g/mol. The molecule has 2 aromatic rings.